The zero-order valence-electron chi connectivity index (χ0n) is 11.8. The van der Waals surface area contributed by atoms with Gasteiger partial charge in [-0.15, -0.1) is 0 Å². The van der Waals surface area contributed by atoms with Crippen molar-refractivity contribution < 1.29 is 12.8 Å². The summed E-state index contributed by atoms with van der Waals surface area (Å²) in [6.45, 7) is 0.802. The first-order valence-electron chi connectivity index (χ1n) is 7.06. The first-order chi connectivity index (χ1) is 10.5. The molecule has 7 heteroatoms. The highest BCUT2D eigenvalue weighted by Gasteiger charge is 2.31. The third kappa shape index (κ3) is 2.91. The fourth-order valence-electron chi connectivity index (χ4n) is 2.79. The molecule has 0 unspecified atom stereocenters. The molecule has 1 saturated heterocycles. The lowest BCUT2D eigenvalue weighted by molar-refractivity contribution is 0.274. The van der Waals surface area contributed by atoms with Gasteiger partial charge in [0.15, 0.2) is 0 Å². The van der Waals surface area contributed by atoms with Crippen molar-refractivity contribution >= 4 is 21.6 Å². The molecule has 1 aromatic heterocycles. The van der Waals surface area contributed by atoms with E-state index in [9.17, 15) is 12.8 Å². The Bertz CT molecular complexity index is 754. The summed E-state index contributed by atoms with van der Waals surface area (Å²) in [7, 11) is -3.76. The molecule has 0 spiro atoms. The van der Waals surface area contributed by atoms with Crippen molar-refractivity contribution in [3.63, 3.8) is 0 Å². The molecular formula is C15H16ClFN2O2S. The van der Waals surface area contributed by atoms with E-state index in [1.807, 2.05) is 24.5 Å². The molecule has 0 aliphatic carbocycles. The molecular weight excluding hydrogens is 327 g/mol. The van der Waals surface area contributed by atoms with Crippen molar-refractivity contribution in [3.8, 4) is 0 Å². The van der Waals surface area contributed by atoms with Gasteiger partial charge in [-0.3, -0.25) is 0 Å². The number of sulfonamides is 1. The predicted octanol–water partition coefficient (Wildman–Crippen LogP) is 3.31. The van der Waals surface area contributed by atoms with Gasteiger partial charge >= 0.3 is 0 Å². The Labute approximate surface area is 134 Å². The number of aromatic nitrogens is 1. The summed E-state index contributed by atoms with van der Waals surface area (Å²) in [6, 6.07) is 7.61. The molecule has 0 saturated carbocycles. The zero-order chi connectivity index (χ0) is 15.7. The second-order valence-corrected chi connectivity index (χ2v) is 7.65. The van der Waals surface area contributed by atoms with Crippen molar-refractivity contribution in [2.24, 2.45) is 0 Å². The molecule has 0 radical (unpaired) electrons. The van der Waals surface area contributed by atoms with Crippen LogP contribution >= 0.6 is 11.6 Å². The topological polar surface area (TPSA) is 42.3 Å². The first kappa shape index (κ1) is 15.5. The van der Waals surface area contributed by atoms with Gasteiger partial charge in [0, 0.05) is 31.5 Å². The quantitative estimate of drug-likeness (QED) is 0.858. The van der Waals surface area contributed by atoms with Gasteiger partial charge in [0.1, 0.15) is 10.7 Å². The average Bonchev–Trinajstić information content (AvgIpc) is 3.04. The first-order valence-corrected chi connectivity index (χ1v) is 8.88. The highest BCUT2D eigenvalue weighted by atomic mass is 35.5. The van der Waals surface area contributed by atoms with Crippen molar-refractivity contribution in [1.29, 1.82) is 0 Å². The van der Waals surface area contributed by atoms with E-state index >= 15 is 0 Å². The molecule has 4 nitrogen and oxygen atoms in total. The van der Waals surface area contributed by atoms with E-state index in [4.69, 9.17) is 11.6 Å². The lowest BCUT2D eigenvalue weighted by atomic mass is 10.1. The minimum Gasteiger partial charge on any atom is -0.351 e. The van der Waals surface area contributed by atoms with E-state index in [0.717, 1.165) is 25.0 Å². The lowest BCUT2D eigenvalue weighted by Crippen LogP contribution is -2.39. The zero-order valence-corrected chi connectivity index (χ0v) is 13.4. The van der Waals surface area contributed by atoms with Crippen LogP contribution in [0.5, 0.6) is 0 Å². The van der Waals surface area contributed by atoms with Crippen LogP contribution in [-0.2, 0) is 10.0 Å². The molecule has 1 aromatic carbocycles. The van der Waals surface area contributed by atoms with Gasteiger partial charge in [-0.25, -0.2) is 12.8 Å². The molecule has 3 rings (SSSR count). The van der Waals surface area contributed by atoms with Crippen molar-refractivity contribution in [2.75, 3.05) is 13.1 Å². The summed E-state index contributed by atoms with van der Waals surface area (Å²) in [5.41, 5.74) is 0. The Balaban J connectivity index is 1.79. The highest BCUT2D eigenvalue weighted by Crippen LogP contribution is 2.30. The van der Waals surface area contributed by atoms with Gasteiger partial charge in [-0.1, -0.05) is 11.6 Å². The fraction of sp³-hybridized carbons (Fsp3) is 0.333. The van der Waals surface area contributed by atoms with E-state index in [2.05, 4.69) is 4.57 Å². The lowest BCUT2D eigenvalue weighted by Gasteiger charge is -2.32. The molecule has 118 valence electrons. The summed E-state index contributed by atoms with van der Waals surface area (Å²) in [5.74, 6) is -0.606. The molecule has 1 aliphatic rings. The third-order valence-electron chi connectivity index (χ3n) is 3.98. The van der Waals surface area contributed by atoms with E-state index in [-0.39, 0.29) is 9.92 Å². The largest absolute Gasteiger partial charge is 0.351 e. The van der Waals surface area contributed by atoms with Crippen LogP contribution in [0.4, 0.5) is 4.39 Å². The Morgan fingerprint density at radius 3 is 2.41 bits per heavy atom. The van der Waals surface area contributed by atoms with Crippen LogP contribution in [-0.4, -0.2) is 30.4 Å². The second kappa shape index (κ2) is 6.02. The smallest absolute Gasteiger partial charge is 0.244 e. The van der Waals surface area contributed by atoms with Gasteiger partial charge in [0.25, 0.3) is 0 Å². The molecule has 0 N–H and O–H groups in total. The number of hydrogen-bond donors (Lipinski definition) is 0. The fourth-order valence-corrected chi connectivity index (χ4v) is 4.74. The standard InChI is InChI=1S/C15H16ClFN2O2S/c16-14-4-3-12(17)11-15(14)22(20,21)19-9-5-13(6-10-19)18-7-1-2-8-18/h1-4,7-8,11,13H,5-6,9-10H2. The van der Waals surface area contributed by atoms with Crippen molar-refractivity contribution in [3.05, 3.63) is 53.6 Å². The van der Waals surface area contributed by atoms with Crippen LogP contribution < -0.4 is 0 Å². The van der Waals surface area contributed by atoms with Crippen LogP contribution in [0, 0.1) is 5.82 Å². The summed E-state index contributed by atoms with van der Waals surface area (Å²) in [4.78, 5) is -0.159. The van der Waals surface area contributed by atoms with Crippen LogP contribution in [0.2, 0.25) is 5.02 Å². The number of halogens is 2. The van der Waals surface area contributed by atoms with E-state index < -0.39 is 15.8 Å². The van der Waals surface area contributed by atoms with Crippen LogP contribution in [0.3, 0.4) is 0 Å². The minimum absolute atomic E-state index is 0.0499. The molecule has 2 heterocycles. The predicted molar refractivity (Wildman–Crippen MR) is 82.9 cm³/mol. The maximum atomic E-state index is 13.3. The monoisotopic (exact) mass is 342 g/mol. The summed E-state index contributed by atoms with van der Waals surface area (Å²) >= 11 is 5.93. The van der Waals surface area contributed by atoms with Gasteiger partial charge < -0.3 is 4.57 Å². The molecule has 22 heavy (non-hydrogen) atoms. The summed E-state index contributed by atoms with van der Waals surface area (Å²) in [5, 5.41) is 0.0499. The van der Waals surface area contributed by atoms with Gasteiger partial charge in [-0.05, 0) is 43.2 Å². The molecule has 0 amide bonds. The number of rotatable bonds is 3. The van der Waals surface area contributed by atoms with Crippen LogP contribution in [0.15, 0.2) is 47.6 Å². The summed E-state index contributed by atoms with van der Waals surface area (Å²) < 4.78 is 42.1. The van der Waals surface area contributed by atoms with E-state index in [0.29, 0.717) is 19.1 Å². The third-order valence-corrected chi connectivity index (χ3v) is 6.36. The maximum Gasteiger partial charge on any atom is 0.244 e. The molecule has 2 aromatic rings. The van der Waals surface area contributed by atoms with E-state index in [1.165, 1.54) is 10.4 Å². The number of benzene rings is 1. The number of hydrogen-bond acceptors (Lipinski definition) is 2. The Morgan fingerprint density at radius 1 is 1.14 bits per heavy atom. The van der Waals surface area contributed by atoms with Gasteiger partial charge in [0.2, 0.25) is 10.0 Å². The highest BCUT2D eigenvalue weighted by molar-refractivity contribution is 7.89. The minimum atomic E-state index is -3.76. The maximum absolute atomic E-state index is 13.3. The Hall–Kier alpha value is -1.37. The Morgan fingerprint density at radius 2 is 1.77 bits per heavy atom. The van der Waals surface area contributed by atoms with Gasteiger partial charge in [0.05, 0.1) is 5.02 Å². The molecule has 1 aliphatic heterocycles. The van der Waals surface area contributed by atoms with Crippen LogP contribution in [0.25, 0.3) is 0 Å². The Kier molecular flexibility index (Phi) is 4.25. The molecule has 0 bridgehead atoms. The second-order valence-electron chi connectivity index (χ2n) is 5.34. The molecule has 0 atom stereocenters. The van der Waals surface area contributed by atoms with Gasteiger partial charge in [-0.2, -0.15) is 4.31 Å². The number of piperidine rings is 1. The molecule has 1 fully saturated rings. The van der Waals surface area contributed by atoms with Crippen LogP contribution in [0.1, 0.15) is 18.9 Å². The average molecular weight is 343 g/mol. The van der Waals surface area contributed by atoms with E-state index in [1.54, 1.807) is 0 Å². The number of nitrogens with zero attached hydrogens (tertiary/aromatic N) is 2. The SMILES string of the molecule is O=S(=O)(c1cc(F)ccc1Cl)N1CCC(n2cccc2)CC1. The summed E-state index contributed by atoms with van der Waals surface area (Å²) in [6.07, 6.45) is 5.41. The normalized spacial score (nSPS) is 17.7. The van der Waals surface area contributed by atoms with Crippen molar-refractivity contribution in [2.45, 2.75) is 23.8 Å². The van der Waals surface area contributed by atoms with Crippen molar-refractivity contribution in [1.82, 2.24) is 8.87 Å².